The lowest BCUT2D eigenvalue weighted by molar-refractivity contribution is 0.567. The molecule has 29 heavy (non-hydrogen) atoms. The van der Waals surface area contributed by atoms with Gasteiger partial charge < -0.3 is 10.3 Å². The van der Waals surface area contributed by atoms with Gasteiger partial charge in [-0.2, -0.15) is 0 Å². The minimum atomic E-state index is -3.81. The van der Waals surface area contributed by atoms with E-state index in [9.17, 15) is 12.8 Å². The number of sulfonamides is 1. The van der Waals surface area contributed by atoms with Gasteiger partial charge in [-0.05, 0) is 35.6 Å². The summed E-state index contributed by atoms with van der Waals surface area (Å²) in [4.78, 5) is 3.85. The van der Waals surface area contributed by atoms with Gasteiger partial charge in [0.2, 0.25) is 0 Å². The van der Waals surface area contributed by atoms with E-state index in [2.05, 4.69) is 21.8 Å². The van der Waals surface area contributed by atoms with Crippen LogP contribution in [0.4, 0.5) is 4.39 Å². The van der Waals surface area contributed by atoms with Gasteiger partial charge in [0, 0.05) is 37.3 Å². The molecule has 2 atom stereocenters. The van der Waals surface area contributed by atoms with Crippen molar-refractivity contribution in [3.05, 3.63) is 83.1 Å². The zero-order valence-electron chi connectivity index (χ0n) is 16.0. The van der Waals surface area contributed by atoms with Crippen LogP contribution in [0.25, 0.3) is 0 Å². The molecule has 0 radical (unpaired) electrons. The molecule has 4 rings (SSSR count). The maximum absolute atomic E-state index is 14.6. The van der Waals surface area contributed by atoms with Crippen molar-refractivity contribution in [1.82, 2.24) is 14.3 Å². The third-order valence-electron chi connectivity index (χ3n) is 5.39. The fourth-order valence-corrected chi connectivity index (χ4v) is 4.85. The SMILES string of the molecule is Cn1cnc(S(=O)(=O)NCc2cc3c(cc2F)CC(N)C3Cc2ccccc2)c1. The summed E-state index contributed by atoms with van der Waals surface area (Å²) < 4.78 is 43.4. The number of hydrogen-bond acceptors (Lipinski definition) is 4. The number of aromatic nitrogens is 2. The first-order valence-electron chi connectivity index (χ1n) is 9.42. The van der Waals surface area contributed by atoms with E-state index in [1.807, 2.05) is 18.2 Å². The number of fused-ring (bicyclic) bond motifs is 1. The number of aryl methyl sites for hydroxylation is 1. The first-order chi connectivity index (χ1) is 13.8. The third kappa shape index (κ3) is 4.10. The van der Waals surface area contributed by atoms with Crippen molar-refractivity contribution < 1.29 is 12.8 Å². The standard InChI is InChI=1S/C21H23FN4O2S/c1-26-12-21(24-13-26)29(27,28)25-11-16-8-17-15(9-19(16)22)10-20(23)18(17)7-14-5-3-2-4-6-14/h2-6,8-9,12-13,18,20,25H,7,10-11,23H2,1H3. The number of benzene rings is 2. The van der Waals surface area contributed by atoms with Gasteiger partial charge in [-0.25, -0.2) is 22.5 Å². The highest BCUT2D eigenvalue weighted by Gasteiger charge is 2.31. The van der Waals surface area contributed by atoms with Crippen molar-refractivity contribution in [2.75, 3.05) is 0 Å². The van der Waals surface area contributed by atoms with Gasteiger partial charge in [-0.1, -0.05) is 36.4 Å². The number of hydrogen-bond donors (Lipinski definition) is 2. The number of imidazole rings is 1. The van der Waals surface area contributed by atoms with Crippen LogP contribution in [0.15, 0.2) is 60.0 Å². The molecule has 0 saturated carbocycles. The van der Waals surface area contributed by atoms with Crippen molar-refractivity contribution in [3.63, 3.8) is 0 Å². The number of nitrogens with one attached hydrogen (secondary N) is 1. The average molecular weight is 415 g/mol. The molecule has 152 valence electrons. The molecule has 1 heterocycles. The molecule has 8 heteroatoms. The number of nitrogens with zero attached hydrogens (tertiary/aromatic N) is 2. The summed E-state index contributed by atoms with van der Waals surface area (Å²) in [6, 6.07) is 13.2. The summed E-state index contributed by atoms with van der Waals surface area (Å²) >= 11 is 0. The Morgan fingerprint density at radius 1 is 1.28 bits per heavy atom. The molecule has 3 N–H and O–H groups in total. The molecule has 0 bridgehead atoms. The zero-order chi connectivity index (χ0) is 20.6. The van der Waals surface area contributed by atoms with E-state index in [4.69, 9.17) is 5.73 Å². The number of halogens is 1. The predicted octanol–water partition coefficient (Wildman–Crippen LogP) is 2.25. The van der Waals surface area contributed by atoms with Crippen LogP contribution in [0.1, 0.15) is 28.2 Å². The van der Waals surface area contributed by atoms with Crippen LogP contribution in [-0.2, 0) is 36.5 Å². The van der Waals surface area contributed by atoms with Crippen molar-refractivity contribution >= 4 is 10.0 Å². The Kier molecular flexibility index (Phi) is 5.24. The third-order valence-corrected chi connectivity index (χ3v) is 6.67. The van der Waals surface area contributed by atoms with Crippen LogP contribution in [-0.4, -0.2) is 24.0 Å². The van der Waals surface area contributed by atoms with Crippen molar-refractivity contribution in [1.29, 1.82) is 0 Å². The predicted molar refractivity (Wildman–Crippen MR) is 108 cm³/mol. The molecule has 1 aliphatic rings. The maximum Gasteiger partial charge on any atom is 0.259 e. The molecule has 3 aromatic rings. The summed E-state index contributed by atoms with van der Waals surface area (Å²) in [7, 11) is -2.13. The minimum absolute atomic E-state index is 0.0687. The lowest BCUT2D eigenvalue weighted by Crippen LogP contribution is -2.26. The Hall–Kier alpha value is -2.55. The van der Waals surface area contributed by atoms with Crippen LogP contribution in [0, 0.1) is 5.82 Å². The van der Waals surface area contributed by atoms with Crippen molar-refractivity contribution in [3.8, 4) is 0 Å². The van der Waals surface area contributed by atoms with Gasteiger partial charge in [0.15, 0.2) is 5.03 Å². The lowest BCUT2D eigenvalue weighted by atomic mass is 9.90. The Balaban J connectivity index is 1.57. The Bertz CT molecular complexity index is 1130. The van der Waals surface area contributed by atoms with E-state index in [0.29, 0.717) is 12.0 Å². The van der Waals surface area contributed by atoms with E-state index in [1.54, 1.807) is 17.7 Å². The molecular formula is C21H23FN4O2S. The Morgan fingerprint density at radius 2 is 2.03 bits per heavy atom. The molecule has 0 spiro atoms. The van der Waals surface area contributed by atoms with Gasteiger partial charge in [-0.3, -0.25) is 0 Å². The topological polar surface area (TPSA) is 90.0 Å². The lowest BCUT2D eigenvalue weighted by Gasteiger charge is -2.18. The highest BCUT2D eigenvalue weighted by atomic mass is 32.2. The van der Waals surface area contributed by atoms with Gasteiger partial charge in [0.05, 0.1) is 6.33 Å². The van der Waals surface area contributed by atoms with E-state index >= 15 is 0 Å². The maximum atomic E-state index is 14.6. The van der Waals surface area contributed by atoms with E-state index in [-0.39, 0.29) is 23.5 Å². The molecule has 6 nitrogen and oxygen atoms in total. The summed E-state index contributed by atoms with van der Waals surface area (Å²) in [5.74, 6) is -0.362. The highest BCUT2D eigenvalue weighted by Crippen LogP contribution is 2.36. The second-order valence-corrected chi connectivity index (χ2v) is 9.22. The molecule has 0 fully saturated rings. The van der Waals surface area contributed by atoms with E-state index < -0.39 is 15.8 Å². The van der Waals surface area contributed by atoms with Crippen LogP contribution in [0.3, 0.4) is 0 Å². The van der Waals surface area contributed by atoms with Crippen LogP contribution in [0.5, 0.6) is 0 Å². The second kappa shape index (κ2) is 7.70. The van der Waals surface area contributed by atoms with E-state index in [0.717, 1.165) is 17.5 Å². The van der Waals surface area contributed by atoms with E-state index in [1.165, 1.54) is 24.2 Å². The molecular weight excluding hydrogens is 391 g/mol. The molecule has 2 unspecified atom stereocenters. The van der Waals surface area contributed by atoms with Crippen LogP contribution in [0.2, 0.25) is 0 Å². The molecule has 2 aromatic carbocycles. The smallest absolute Gasteiger partial charge is 0.259 e. The molecule has 1 aliphatic carbocycles. The van der Waals surface area contributed by atoms with Gasteiger partial charge in [0.25, 0.3) is 10.0 Å². The summed E-state index contributed by atoms with van der Waals surface area (Å²) in [6.07, 6.45) is 4.18. The zero-order valence-corrected chi connectivity index (χ0v) is 16.9. The van der Waals surface area contributed by atoms with Crippen molar-refractivity contribution in [2.24, 2.45) is 12.8 Å². The van der Waals surface area contributed by atoms with Crippen molar-refractivity contribution in [2.45, 2.75) is 36.4 Å². The second-order valence-electron chi connectivity index (χ2n) is 7.51. The molecule has 1 aromatic heterocycles. The van der Waals surface area contributed by atoms with Crippen LogP contribution < -0.4 is 10.5 Å². The summed E-state index contributed by atoms with van der Waals surface area (Å²) in [5.41, 5.74) is 9.72. The quantitative estimate of drug-likeness (QED) is 0.647. The Labute approximate surface area is 169 Å². The summed E-state index contributed by atoms with van der Waals surface area (Å²) in [5, 5.41) is -0.0921. The fraction of sp³-hybridized carbons (Fsp3) is 0.286. The molecule has 0 saturated heterocycles. The van der Waals surface area contributed by atoms with Gasteiger partial charge >= 0.3 is 0 Å². The average Bonchev–Trinajstić information content (AvgIpc) is 3.25. The first kappa shape index (κ1) is 19.8. The monoisotopic (exact) mass is 414 g/mol. The van der Waals surface area contributed by atoms with Gasteiger partial charge in [0.1, 0.15) is 5.82 Å². The van der Waals surface area contributed by atoms with Gasteiger partial charge in [-0.15, -0.1) is 0 Å². The number of nitrogens with two attached hydrogens (primary N) is 1. The first-order valence-corrected chi connectivity index (χ1v) is 10.9. The normalized spacial score (nSPS) is 18.7. The molecule has 0 aliphatic heterocycles. The number of rotatable bonds is 6. The highest BCUT2D eigenvalue weighted by molar-refractivity contribution is 7.89. The summed E-state index contributed by atoms with van der Waals surface area (Å²) in [6.45, 7) is -0.148. The fourth-order valence-electron chi connectivity index (χ4n) is 3.87. The molecule has 0 amide bonds. The largest absolute Gasteiger partial charge is 0.339 e. The Morgan fingerprint density at radius 3 is 2.72 bits per heavy atom. The minimum Gasteiger partial charge on any atom is -0.339 e. The van der Waals surface area contributed by atoms with Crippen LogP contribution >= 0.6 is 0 Å².